The molecule has 0 atom stereocenters. The van der Waals surface area contributed by atoms with Gasteiger partial charge in [0.2, 0.25) is 0 Å². The van der Waals surface area contributed by atoms with E-state index in [0.29, 0.717) is 18.9 Å². The summed E-state index contributed by atoms with van der Waals surface area (Å²) in [5.74, 6) is 0.285. The van der Waals surface area contributed by atoms with E-state index >= 15 is 0 Å². The van der Waals surface area contributed by atoms with E-state index in [2.05, 4.69) is 10.3 Å². The molecule has 94 valence electrons. The maximum atomic E-state index is 11.5. The number of hydrogen-bond donors (Lipinski definition) is 2. The Morgan fingerprint density at radius 2 is 2.11 bits per heavy atom. The molecule has 0 saturated carbocycles. The molecule has 2 rings (SSSR count). The molecule has 18 heavy (non-hydrogen) atoms. The third-order valence-corrected chi connectivity index (χ3v) is 2.60. The van der Waals surface area contributed by atoms with Crippen LogP contribution < -0.4 is 11.1 Å². The fourth-order valence-electron chi connectivity index (χ4n) is 1.86. The number of carbonyl (C=O) groups is 2. The number of Topliss-reactive ketones (excluding diaryl/α,β-unsaturated/α-hetero) is 1. The molecule has 6 nitrogen and oxygen atoms in total. The van der Waals surface area contributed by atoms with E-state index in [1.165, 1.54) is 6.92 Å². The van der Waals surface area contributed by atoms with Crippen LogP contribution in [0.4, 0.5) is 4.79 Å². The average molecular weight is 246 g/mol. The molecule has 1 heterocycles. The fourth-order valence-corrected chi connectivity index (χ4v) is 1.86. The molecule has 2 aromatic rings. The highest BCUT2D eigenvalue weighted by molar-refractivity contribution is 5.94. The highest BCUT2D eigenvalue weighted by Gasteiger charge is 2.13. The molecule has 0 aliphatic carbocycles. The van der Waals surface area contributed by atoms with Crippen LogP contribution in [0.5, 0.6) is 0 Å². The number of amides is 2. The highest BCUT2D eigenvalue weighted by Crippen LogP contribution is 2.15. The molecule has 0 fully saturated rings. The van der Waals surface area contributed by atoms with Gasteiger partial charge in [-0.25, -0.2) is 9.78 Å². The molecule has 0 aliphatic heterocycles. The molecule has 0 aliphatic rings. The maximum absolute atomic E-state index is 11.5. The van der Waals surface area contributed by atoms with Crippen molar-refractivity contribution in [3.8, 4) is 0 Å². The minimum Gasteiger partial charge on any atom is -0.352 e. The lowest BCUT2D eigenvalue weighted by Crippen LogP contribution is -2.32. The fraction of sp³-hybridized carbons (Fsp3) is 0.250. The van der Waals surface area contributed by atoms with E-state index in [-0.39, 0.29) is 5.78 Å². The van der Waals surface area contributed by atoms with Gasteiger partial charge in [0.1, 0.15) is 0 Å². The Hall–Kier alpha value is -2.37. The van der Waals surface area contributed by atoms with Crippen molar-refractivity contribution in [2.75, 3.05) is 6.54 Å². The summed E-state index contributed by atoms with van der Waals surface area (Å²) in [5.41, 5.74) is 6.64. The number of aromatic nitrogens is 2. The Morgan fingerprint density at radius 3 is 2.78 bits per heavy atom. The molecule has 1 aromatic carbocycles. The summed E-state index contributed by atoms with van der Waals surface area (Å²) in [6, 6.07) is 6.90. The Balaban J connectivity index is 2.36. The third-order valence-electron chi connectivity index (χ3n) is 2.60. The van der Waals surface area contributed by atoms with Gasteiger partial charge < -0.3 is 15.6 Å². The highest BCUT2D eigenvalue weighted by atomic mass is 16.2. The van der Waals surface area contributed by atoms with Crippen LogP contribution in [0.15, 0.2) is 24.3 Å². The predicted octanol–water partition coefficient (Wildman–Crippen LogP) is 0.907. The van der Waals surface area contributed by atoms with Crippen LogP contribution in [0, 0.1) is 0 Å². The summed E-state index contributed by atoms with van der Waals surface area (Å²) >= 11 is 0. The Kier molecular flexibility index (Phi) is 3.27. The largest absolute Gasteiger partial charge is 0.352 e. The zero-order valence-corrected chi connectivity index (χ0v) is 10.0. The van der Waals surface area contributed by atoms with Crippen molar-refractivity contribution < 1.29 is 9.59 Å². The smallest absolute Gasteiger partial charge is 0.312 e. The monoisotopic (exact) mass is 246 g/mol. The molecule has 1 aromatic heterocycles. The minimum atomic E-state index is -0.580. The molecule has 0 saturated heterocycles. The van der Waals surface area contributed by atoms with Gasteiger partial charge in [-0.2, -0.15) is 0 Å². The number of nitrogens with zero attached hydrogens (tertiary/aromatic N) is 2. The van der Waals surface area contributed by atoms with Gasteiger partial charge in [-0.1, -0.05) is 12.1 Å². The summed E-state index contributed by atoms with van der Waals surface area (Å²) in [7, 11) is 0. The van der Waals surface area contributed by atoms with E-state index in [4.69, 9.17) is 5.73 Å². The second kappa shape index (κ2) is 4.87. The SMILES string of the molecule is CC(=O)c1nc2ccccc2n1CCNC(N)=O. The minimum absolute atomic E-state index is 0.106. The predicted molar refractivity (Wildman–Crippen MR) is 67.3 cm³/mol. The van der Waals surface area contributed by atoms with Gasteiger partial charge in [0, 0.05) is 20.0 Å². The summed E-state index contributed by atoms with van der Waals surface area (Å²) < 4.78 is 1.79. The molecular formula is C12H14N4O2. The Labute approximate surface area is 104 Å². The van der Waals surface area contributed by atoms with Crippen LogP contribution in [0.1, 0.15) is 17.5 Å². The molecule has 0 radical (unpaired) electrons. The summed E-state index contributed by atoms with van der Waals surface area (Å²) in [6.45, 7) is 2.29. The molecule has 0 bridgehead atoms. The molecular weight excluding hydrogens is 232 g/mol. The van der Waals surface area contributed by atoms with Crippen molar-refractivity contribution in [3.63, 3.8) is 0 Å². The van der Waals surface area contributed by atoms with E-state index < -0.39 is 6.03 Å². The van der Waals surface area contributed by atoms with Crippen LogP contribution in [0.25, 0.3) is 11.0 Å². The van der Waals surface area contributed by atoms with Crippen molar-refractivity contribution in [2.24, 2.45) is 5.73 Å². The zero-order valence-electron chi connectivity index (χ0n) is 10.0. The van der Waals surface area contributed by atoms with Crippen molar-refractivity contribution in [3.05, 3.63) is 30.1 Å². The second-order valence-corrected chi connectivity index (χ2v) is 3.92. The van der Waals surface area contributed by atoms with E-state index in [9.17, 15) is 9.59 Å². The number of hydrogen-bond acceptors (Lipinski definition) is 3. The summed E-state index contributed by atoms with van der Waals surface area (Å²) in [5, 5.41) is 2.49. The Morgan fingerprint density at radius 1 is 1.39 bits per heavy atom. The Bertz CT molecular complexity index is 603. The molecule has 3 N–H and O–H groups in total. The second-order valence-electron chi connectivity index (χ2n) is 3.92. The van der Waals surface area contributed by atoms with Gasteiger partial charge in [-0.3, -0.25) is 4.79 Å². The van der Waals surface area contributed by atoms with Crippen LogP contribution >= 0.6 is 0 Å². The standard InChI is InChI=1S/C12H14N4O2/c1-8(17)11-15-9-4-2-3-5-10(9)16(11)7-6-14-12(13)18/h2-5H,6-7H2,1H3,(H3,13,14,18). The van der Waals surface area contributed by atoms with Crippen LogP contribution in [0.3, 0.4) is 0 Å². The number of ketones is 1. The van der Waals surface area contributed by atoms with Crippen molar-refractivity contribution in [1.29, 1.82) is 0 Å². The van der Waals surface area contributed by atoms with Crippen molar-refractivity contribution in [1.82, 2.24) is 14.9 Å². The number of fused-ring (bicyclic) bond motifs is 1. The van der Waals surface area contributed by atoms with Crippen LogP contribution in [-0.2, 0) is 6.54 Å². The van der Waals surface area contributed by atoms with Gasteiger partial charge >= 0.3 is 6.03 Å². The first-order chi connectivity index (χ1) is 8.59. The van der Waals surface area contributed by atoms with E-state index in [0.717, 1.165) is 11.0 Å². The first-order valence-corrected chi connectivity index (χ1v) is 5.59. The molecule has 0 spiro atoms. The van der Waals surface area contributed by atoms with Gasteiger partial charge in [0.15, 0.2) is 11.6 Å². The summed E-state index contributed by atoms with van der Waals surface area (Å²) in [6.07, 6.45) is 0. The number of rotatable bonds is 4. The number of primary amides is 1. The summed E-state index contributed by atoms with van der Waals surface area (Å²) in [4.78, 5) is 26.4. The maximum Gasteiger partial charge on any atom is 0.312 e. The lowest BCUT2D eigenvalue weighted by Gasteiger charge is -2.07. The number of para-hydroxylation sites is 2. The van der Waals surface area contributed by atoms with E-state index in [1.54, 1.807) is 4.57 Å². The number of nitrogens with one attached hydrogen (secondary N) is 1. The van der Waals surface area contributed by atoms with Crippen molar-refractivity contribution >= 4 is 22.8 Å². The third kappa shape index (κ3) is 2.32. The first-order valence-electron chi connectivity index (χ1n) is 5.59. The van der Waals surface area contributed by atoms with Gasteiger partial charge in [-0.15, -0.1) is 0 Å². The lowest BCUT2D eigenvalue weighted by molar-refractivity contribution is 0.1000. The van der Waals surface area contributed by atoms with Gasteiger partial charge in [-0.05, 0) is 12.1 Å². The number of benzene rings is 1. The number of carbonyl (C=O) groups excluding carboxylic acids is 2. The normalized spacial score (nSPS) is 10.5. The van der Waals surface area contributed by atoms with Gasteiger partial charge in [0.05, 0.1) is 11.0 Å². The van der Waals surface area contributed by atoms with E-state index in [1.807, 2.05) is 24.3 Å². The number of nitrogens with two attached hydrogens (primary N) is 1. The van der Waals surface area contributed by atoms with Crippen LogP contribution in [0.2, 0.25) is 0 Å². The molecule has 2 amide bonds. The first kappa shape index (κ1) is 12.1. The van der Waals surface area contributed by atoms with Gasteiger partial charge in [0.25, 0.3) is 0 Å². The topological polar surface area (TPSA) is 90.0 Å². The average Bonchev–Trinajstić information content (AvgIpc) is 2.68. The number of imidazole rings is 1. The van der Waals surface area contributed by atoms with Crippen LogP contribution in [-0.4, -0.2) is 27.9 Å². The van der Waals surface area contributed by atoms with Crippen molar-refractivity contribution in [2.45, 2.75) is 13.5 Å². The quantitative estimate of drug-likeness (QED) is 0.785. The zero-order chi connectivity index (χ0) is 13.1. The molecule has 0 unspecified atom stereocenters. The molecule has 6 heteroatoms. The number of urea groups is 1. The lowest BCUT2D eigenvalue weighted by atomic mass is 10.3.